The average molecular weight is 398 g/mol. The normalized spacial score (nSPS) is 18.3. The van der Waals surface area contributed by atoms with Crippen LogP contribution in [-0.4, -0.2) is 18.1 Å². The standard InChI is InChI=1S/C22H17ClFNO3/c1-28-18-9-4-15(5-10-18)22(27)19-12-16(23)6-11-20(19)25(21(22)26)13-14-2-7-17(24)8-3-14/h2-12,27H,13H2,1H3/t22-/m1/s1. The summed E-state index contributed by atoms with van der Waals surface area (Å²) in [5.74, 6) is -0.218. The van der Waals surface area contributed by atoms with E-state index < -0.39 is 11.5 Å². The number of carbonyl (C=O) groups excluding carboxylic acids is 1. The first-order valence-electron chi connectivity index (χ1n) is 8.67. The minimum Gasteiger partial charge on any atom is -0.497 e. The van der Waals surface area contributed by atoms with Gasteiger partial charge >= 0.3 is 0 Å². The fourth-order valence-corrected chi connectivity index (χ4v) is 3.67. The topological polar surface area (TPSA) is 49.8 Å². The van der Waals surface area contributed by atoms with Gasteiger partial charge in [-0.05, 0) is 53.6 Å². The molecule has 4 nitrogen and oxygen atoms in total. The molecule has 0 unspecified atom stereocenters. The first-order valence-corrected chi connectivity index (χ1v) is 9.04. The second kappa shape index (κ2) is 6.93. The summed E-state index contributed by atoms with van der Waals surface area (Å²) in [4.78, 5) is 14.8. The van der Waals surface area contributed by atoms with E-state index in [0.29, 0.717) is 27.6 Å². The smallest absolute Gasteiger partial charge is 0.268 e. The largest absolute Gasteiger partial charge is 0.497 e. The van der Waals surface area contributed by atoms with Crippen molar-refractivity contribution >= 4 is 23.2 Å². The van der Waals surface area contributed by atoms with Crippen molar-refractivity contribution in [2.75, 3.05) is 12.0 Å². The Balaban J connectivity index is 1.80. The molecule has 0 bridgehead atoms. The van der Waals surface area contributed by atoms with Crippen molar-refractivity contribution in [3.63, 3.8) is 0 Å². The summed E-state index contributed by atoms with van der Waals surface area (Å²) in [5.41, 5.74) is 0.277. The zero-order valence-electron chi connectivity index (χ0n) is 15.0. The minimum atomic E-state index is -1.87. The Kier molecular flexibility index (Phi) is 4.57. The highest BCUT2D eigenvalue weighted by molar-refractivity contribution is 6.31. The van der Waals surface area contributed by atoms with Crippen LogP contribution in [0.4, 0.5) is 10.1 Å². The predicted molar refractivity (Wildman–Crippen MR) is 105 cm³/mol. The third kappa shape index (κ3) is 2.93. The van der Waals surface area contributed by atoms with Gasteiger partial charge in [0.25, 0.3) is 5.91 Å². The molecule has 1 aliphatic rings. The van der Waals surface area contributed by atoms with Crippen molar-refractivity contribution in [1.82, 2.24) is 0 Å². The number of hydrogen-bond acceptors (Lipinski definition) is 3. The molecule has 1 aliphatic heterocycles. The van der Waals surface area contributed by atoms with Gasteiger partial charge in [0.05, 0.1) is 19.3 Å². The summed E-state index contributed by atoms with van der Waals surface area (Å²) >= 11 is 6.16. The van der Waals surface area contributed by atoms with Crippen molar-refractivity contribution in [3.8, 4) is 5.75 Å². The Hall–Kier alpha value is -2.89. The van der Waals surface area contributed by atoms with E-state index in [-0.39, 0.29) is 12.4 Å². The van der Waals surface area contributed by atoms with Crippen LogP contribution in [0.5, 0.6) is 5.75 Å². The van der Waals surface area contributed by atoms with Gasteiger partial charge in [-0.25, -0.2) is 4.39 Å². The van der Waals surface area contributed by atoms with Gasteiger partial charge in [0.2, 0.25) is 0 Å². The molecule has 0 saturated heterocycles. The highest BCUT2D eigenvalue weighted by atomic mass is 35.5. The average Bonchev–Trinajstić information content (AvgIpc) is 2.92. The molecule has 1 atom stereocenters. The maximum atomic E-state index is 13.3. The van der Waals surface area contributed by atoms with E-state index >= 15 is 0 Å². The summed E-state index contributed by atoms with van der Waals surface area (Å²) in [6, 6.07) is 17.6. The summed E-state index contributed by atoms with van der Waals surface area (Å²) in [7, 11) is 1.55. The van der Waals surface area contributed by atoms with Gasteiger partial charge in [-0.2, -0.15) is 0 Å². The molecular weight excluding hydrogens is 381 g/mol. The van der Waals surface area contributed by atoms with E-state index in [1.54, 1.807) is 61.7 Å². The van der Waals surface area contributed by atoms with Crippen LogP contribution < -0.4 is 9.64 Å². The van der Waals surface area contributed by atoms with E-state index in [9.17, 15) is 14.3 Å². The van der Waals surface area contributed by atoms with E-state index in [4.69, 9.17) is 16.3 Å². The lowest BCUT2D eigenvalue weighted by atomic mass is 9.87. The van der Waals surface area contributed by atoms with E-state index in [1.807, 2.05) is 0 Å². The van der Waals surface area contributed by atoms with Gasteiger partial charge in [-0.3, -0.25) is 4.79 Å². The quantitative estimate of drug-likeness (QED) is 0.715. The zero-order chi connectivity index (χ0) is 19.9. The lowest BCUT2D eigenvalue weighted by Gasteiger charge is -2.24. The van der Waals surface area contributed by atoms with Gasteiger partial charge < -0.3 is 14.7 Å². The van der Waals surface area contributed by atoms with Gasteiger partial charge in [-0.1, -0.05) is 35.9 Å². The molecule has 4 rings (SSSR count). The Morgan fingerprint density at radius 1 is 1.07 bits per heavy atom. The molecule has 142 valence electrons. The molecule has 3 aromatic carbocycles. The van der Waals surface area contributed by atoms with Gasteiger partial charge in [-0.15, -0.1) is 0 Å². The number of amides is 1. The third-order valence-corrected chi connectivity index (χ3v) is 5.19. The molecule has 0 aromatic heterocycles. The first-order chi connectivity index (χ1) is 13.4. The summed E-state index contributed by atoms with van der Waals surface area (Å²) in [5, 5.41) is 11.9. The van der Waals surface area contributed by atoms with Crippen molar-refractivity contribution in [1.29, 1.82) is 0 Å². The monoisotopic (exact) mass is 397 g/mol. The number of hydrogen-bond donors (Lipinski definition) is 1. The highest BCUT2D eigenvalue weighted by Gasteiger charge is 2.51. The van der Waals surface area contributed by atoms with Crippen LogP contribution in [0.15, 0.2) is 66.7 Å². The molecule has 1 N–H and O–H groups in total. The van der Waals surface area contributed by atoms with Crippen LogP contribution in [0.2, 0.25) is 5.02 Å². The maximum absolute atomic E-state index is 13.3. The van der Waals surface area contributed by atoms with Gasteiger partial charge in [0.1, 0.15) is 11.6 Å². The van der Waals surface area contributed by atoms with Crippen molar-refractivity contribution < 1.29 is 19.0 Å². The summed E-state index contributed by atoms with van der Waals surface area (Å²) < 4.78 is 18.4. The van der Waals surface area contributed by atoms with Crippen LogP contribution in [0.25, 0.3) is 0 Å². The minimum absolute atomic E-state index is 0.201. The van der Waals surface area contributed by atoms with E-state index in [1.165, 1.54) is 17.0 Å². The summed E-state index contributed by atoms with van der Waals surface area (Å²) in [6.45, 7) is 0.201. The molecule has 1 heterocycles. The number of halogens is 2. The van der Waals surface area contributed by atoms with Gasteiger partial charge in [0.15, 0.2) is 5.60 Å². The lowest BCUT2D eigenvalue weighted by molar-refractivity contribution is -0.132. The SMILES string of the molecule is COc1ccc([C@]2(O)C(=O)N(Cc3ccc(F)cc3)c3ccc(Cl)cc32)cc1. The van der Waals surface area contributed by atoms with Crippen LogP contribution >= 0.6 is 11.6 Å². The van der Waals surface area contributed by atoms with Crippen LogP contribution in [0, 0.1) is 5.82 Å². The van der Waals surface area contributed by atoms with Crippen LogP contribution in [-0.2, 0) is 16.9 Å². The fraction of sp³-hybridized carbons (Fsp3) is 0.136. The highest BCUT2D eigenvalue weighted by Crippen LogP contribution is 2.46. The number of carbonyl (C=O) groups is 1. The second-order valence-electron chi connectivity index (χ2n) is 6.62. The Morgan fingerprint density at radius 2 is 1.75 bits per heavy atom. The number of benzene rings is 3. The fourth-order valence-electron chi connectivity index (χ4n) is 3.49. The second-order valence-corrected chi connectivity index (χ2v) is 7.05. The number of aliphatic hydroxyl groups is 1. The first kappa shape index (κ1) is 18.5. The van der Waals surface area contributed by atoms with Gasteiger partial charge in [0, 0.05) is 10.6 Å². The molecule has 0 radical (unpaired) electrons. The Bertz CT molecular complexity index is 1040. The molecular formula is C22H17ClFNO3. The maximum Gasteiger partial charge on any atom is 0.268 e. The molecule has 0 aliphatic carbocycles. The van der Waals surface area contributed by atoms with Crippen LogP contribution in [0.3, 0.4) is 0 Å². The molecule has 0 saturated carbocycles. The number of methoxy groups -OCH3 is 1. The van der Waals surface area contributed by atoms with E-state index in [2.05, 4.69) is 0 Å². The molecule has 28 heavy (non-hydrogen) atoms. The Labute approximate surface area is 166 Å². The predicted octanol–water partition coefficient (Wildman–Crippen LogP) is 4.27. The number of anilines is 1. The summed E-state index contributed by atoms with van der Waals surface area (Å²) in [6.07, 6.45) is 0. The molecule has 3 aromatic rings. The number of ether oxygens (including phenoxy) is 1. The van der Waals surface area contributed by atoms with Crippen LogP contribution in [0.1, 0.15) is 16.7 Å². The third-order valence-electron chi connectivity index (χ3n) is 4.96. The molecule has 1 amide bonds. The Morgan fingerprint density at radius 3 is 2.39 bits per heavy atom. The lowest BCUT2D eigenvalue weighted by Crippen LogP contribution is -2.40. The van der Waals surface area contributed by atoms with E-state index in [0.717, 1.165) is 5.56 Å². The molecule has 0 spiro atoms. The zero-order valence-corrected chi connectivity index (χ0v) is 15.8. The van der Waals surface area contributed by atoms with Crippen molar-refractivity contribution in [2.24, 2.45) is 0 Å². The van der Waals surface area contributed by atoms with Crippen molar-refractivity contribution in [2.45, 2.75) is 12.1 Å². The number of rotatable bonds is 4. The molecule has 0 fully saturated rings. The number of fused-ring (bicyclic) bond motifs is 1. The molecule has 6 heteroatoms. The number of nitrogens with zero attached hydrogens (tertiary/aromatic N) is 1. The van der Waals surface area contributed by atoms with Crippen molar-refractivity contribution in [3.05, 3.63) is 94.3 Å².